The van der Waals surface area contributed by atoms with E-state index < -0.39 is 17.6 Å². The zero-order valence-corrected chi connectivity index (χ0v) is 22.1. The summed E-state index contributed by atoms with van der Waals surface area (Å²) >= 11 is 0. The molecule has 3 N–H and O–H groups in total. The van der Waals surface area contributed by atoms with Crippen molar-refractivity contribution in [2.24, 2.45) is 5.92 Å². The Labute approximate surface area is 223 Å². The molecule has 0 radical (unpaired) electrons. The Morgan fingerprint density at radius 3 is 2.74 bits per heavy atom. The maximum absolute atomic E-state index is 13.4. The van der Waals surface area contributed by atoms with Gasteiger partial charge in [0.1, 0.15) is 11.8 Å². The molecule has 38 heavy (non-hydrogen) atoms. The molecule has 2 fully saturated rings. The van der Waals surface area contributed by atoms with Crippen LogP contribution in [0.15, 0.2) is 54.7 Å². The van der Waals surface area contributed by atoms with E-state index in [1.54, 1.807) is 7.11 Å². The lowest BCUT2D eigenvalue weighted by Gasteiger charge is -2.52. The van der Waals surface area contributed by atoms with Crippen LogP contribution in [-0.2, 0) is 20.7 Å². The molecule has 1 aromatic heterocycles. The Bertz CT molecular complexity index is 1290. The number of aromatic amines is 1. The van der Waals surface area contributed by atoms with Crippen LogP contribution in [0.4, 0.5) is 0 Å². The number of aromatic nitrogens is 1. The van der Waals surface area contributed by atoms with E-state index in [1.165, 1.54) is 7.11 Å². The Morgan fingerprint density at radius 2 is 1.92 bits per heavy atom. The van der Waals surface area contributed by atoms with Gasteiger partial charge in [-0.1, -0.05) is 49.2 Å². The summed E-state index contributed by atoms with van der Waals surface area (Å²) in [6.45, 7) is 0.686. The average Bonchev–Trinajstić information content (AvgIpc) is 3.35. The molecule has 1 aliphatic carbocycles. The Balaban J connectivity index is 1.37. The van der Waals surface area contributed by atoms with Crippen LogP contribution in [-0.4, -0.2) is 65.8 Å². The highest BCUT2D eigenvalue weighted by Crippen LogP contribution is 2.50. The SMILES string of the molecule is COC(=O)[C@@H](Cc1c[nH]c2ccccc12)NC(=O)CN1CC[C@@]2(O)CCCC[C@H]2[C@@H]1c1ccccc1OC. The molecule has 1 aliphatic heterocycles. The summed E-state index contributed by atoms with van der Waals surface area (Å²) < 4.78 is 10.7. The molecule has 0 spiro atoms. The van der Waals surface area contributed by atoms with Crippen LogP contribution in [0.2, 0.25) is 0 Å². The number of nitrogens with one attached hydrogen (secondary N) is 2. The summed E-state index contributed by atoms with van der Waals surface area (Å²) in [5, 5.41) is 15.5. The number of esters is 1. The maximum atomic E-state index is 13.4. The van der Waals surface area contributed by atoms with Crippen LogP contribution >= 0.6 is 0 Å². The number of likely N-dealkylation sites (tertiary alicyclic amines) is 1. The van der Waals surface area contributed by atoms with E-state index in [9.17, 15) is 14.7 Å². The Kier molecular flexibility index (Phi) is 7.72. The molecule has 5 rings (SSSR count). The number of methoxy groups -OCH3 is 2. The number of carbonyl (C=O) groups excluding carboxylic acids is 2. The van der Waals surface area contributed by atoms with Gasteiger partial charge in [-0.05, 0) is 37.0 Å². The van der Waals surface area contributed by atoms with Crippen LogP contribution in [0, 0.1) is 5.92 Å². The zero-order chi connectivity index (χ0) is 26.7. The molecule has 2 aliphatic rings. The van der Waals surface area contributed by atoms with Crippen molar-refractivity contribution < 1.29 is 24.2 Å². The molecule has 0 unspecified atom stereocenters. The van der Waals surface area contributed by atoms with Crippen molar-refractivity contribution in [3.8, 4) is 5.75 Å². The van der Waals surface area contributed by atoms with Crippen molar-refractivity contribution in [2.75, 3.05) is 27.3 Å². The van der Waals surface area contributed by atoms with E-state index >= 15 is 0 Å². The van der Waals surface area contributed by atoms with Gasteiger partial charge in [-0.25, -0.2) is 4.79 Å². The van der Waals surface area contributed by atoms with Gasteiger partial charge >= 0.3 is 5.97 Å². The largest absolute Gasteiger partial charge is 0.496 e. The predicted octanol–water partition coefficient (Wildman–Crippen LogP) is 3.75. The first kappa shape index (κ1) is 26.3. The number of amides is 1. The highest BCUT2D eigenvalue weighted by Gasteiger charge is 2.49. The topological polar surface area (TPSA) is 104 Å². The van der Waals surface area contributed by atoms with Crippen molar-refractivity contribution in [1.82, 2.24) is 15.2 Å². The summed E-state index contributed by atoms with van der Waals surface area (Å²) in [6.07, 6.45) is 6.54. The molecule has 3 aromatic rings. The average molecular weight is 520 g/mol. The number of para-hydroxylation sites is 2. The fraction of sp³-hybridized carbons (Fsp3) is 0.467. The van der Waals surface area contributed by atoms with E-state index in [-0.39, 0.29) is 24.4 Å². The number of nitrogens with zero attached hydrogens (tertiary/aromatic N) is 1. The number of rotatable bonds is 8. The van der Waals surface area contributed by atoms with Crippen molar-refractivity contribution in [2.45, 2.75) is 56.2 Å². The second kappa shape index (κ2) is 11.2. The van der Waals surface area contributed by atoms with Crippen LogP contribution in [0.3, 0.4) is 0 Å². The van der Waals surface area contributed by atoms with E-state index in [2.05, 4.69) is 15.2 Å². The number of hydrogen-bond acceptors (Lipinski definition) is 6. The molecule has 8 nitrogen and oxygen atoms in total. The molecule has 202 valence electrons. The summed E-state index contributed by atoms with van der Waals surface area (Å²) in [7, 11) is 2.99. The van der Waals surface area contributed by atoms with E-state index in [0.717, 1.165) is 53.5 Å². The monoisotopic (exact) mass is 519 g/mol. The minimum Gasteiger partial charge on any atom is -0.496 e. The lowest BCUT2D eigenvalue weighted by atomic mass is 9.66. The predicted molar refractivity (Wildman–Crippen MR) is 145 cm³/mol. The van der Waals surface area contributed by atoms with Crippen molar-refractivity contribution in [3.63, 3.8) is 0 Å². The summed E-state index contributed by atoms with van der Waals surface area (Å²) in [6, 6.07) is 14.8. The molecular weight excluding hydrogens is 482 g/mol. The molecule has 2 heterocycles. The molecule has 1 saturated carbocycles. The molecule has 1 saturated heterocycles. The number of aliphatic hydroxyl groups is 1. The number of carbonyl (C=O) groups is 2. The van der Waals surface area contributed by atoms with Crippen LogP contribution in [0.1, 0.15) is 49.3 Å². The lowest BCUT2D eigenvalue weighted by molar-refractivity contribution is -0.146. The Morgan fingerprint density at radius 1 is 1.13 bits per heavy atom. The summed E-state index contributed by atoms with van der Waals surface area (Å²) in [4.78, 5) is 31.5. The van der Waals surface area contributed by atoms with Gasteiger partial charge in [0.25, 0.3) is 0 Å². The first-order chi connectivity index (χ1) is 18.4. The number of piperidine rings is 1. The molecule has 4 atom stereocenters. The minimum atomic E-state index is -0.812. The van der Waals surface area contributed by atoms with Gasteiger partial charge in [0.05, 0.1) is 26.4 Å². The number of benzene rings is 2. The Hall–Kier alpha value is -3.36. The van der Waals surface area contributed by atoms with Crippen LogP contribution in [0.5, 0.6) is 5.75 Å². The van der Waals surface area contributed by atoms with Crippen LogP contribution in [0.25, 0.3) is 10.9 Å². The van der Waals surface area contributed by atoms with E-state index in [0.29, 0.717) is 19.4 Å². The summed E-state index contributed by atoms with van der Waals surface area (Å²) in [5.41, 5.74) is 2.15. The summed E-state index contributed by atoms with van der Waals surface area (Å²) in [5.74, 6) is 0.0211. The van der Waals surface area contributed by atoms with Gasteiger partial charge in [0.2, 0.25) is 5.91 Å². The first-order valence-corrected chi connectivity index (χ1v) is 13.4. The third kappa shape index (κ3) is 5.15. The third-order valence-corrected chi connectivity index (χ3v) is 8.40. The standard InChI is InChI=1S/C30H37N3O5/c1-37-26-13-6-4-10-22(26)28-23-11-7-8-14-30(23,36)15-16-33(28)19-27(34)32-25(29(35)38-2)17-20-18-31-24-12-5-3-9-21(20)24/h3-6,9-10,12-13,18,23,25,28,31,36H,7-8,11,14-17,19H2,1-2H3,(H,32,34)/t23-,25+,28-,30-/m0/s1. The molecule has 2 aromatic carbocycles. The molecule has 0 bridgehead atoms. The van der Waals surface area contributed by atoms with Gasteiger partial charge < -0.3 is 24.9 Å². The molecule has 8 heteroatoms. The second-order valence-electron chi connectivity index (χ2n) is 10.6. The van der Waals surface area contributed by atoms with Gasteiger partial charge in [-0.2, -0.15) is 0 Å². The van der Waals surface area contributed by atoms with Gasteiger partial charge in [-0.3, -0.25) is 9.69 Å². The number of ether oxygens (including phenoxy) is 2. The smallest absolute Gasteiger partial charge is 0.328 e. The van der Waals surface area contributed by atoms with Crippen molar-refractivity contribution >= 4 is 22.8 Å². The van der Waals surface area contributed by atoms with Crippen LogP contribution < -0.4 is 10.1 Å². The fourth-order valence-corrected chi connectivity index (χ4v) is 6.52. The number of fused-ring (bicyclic) bond motifs is 2. The molecule has 1 amide bonds. The number of H-pyrrole nitrogens is 1. The lowest BCUT2D eigenvalue weighted by Crippen LogP contribution is -2.57. The van der Waals surface area contributed by atoms with Gasteiger partial charge in [0, 0.05) is 47.6 Å². The normalized spacial score (nSPS) is 24.4. The van der Waals surface area contributed by atoms with Crippen molar-refractivity contribution in [1.29, 1.82) is 0 Å². The zero-order valence-electron chi connectivity index (χ0n) is 22.1. The molecular formula is C30H37N3O5. The number of hydrogen-bond donors (Lipinski definition) is 3. The minimum absolute atomic E-state index is 0.00303. The van der Waals surface area contributed by atoms with Gasteiger partial charge in [-0.15, -0.1) is 0 Å². The maximum Gasteiger partial charge on any atom is 0.328 e. The third-order valence-electron chi connectivity index (χ3n) is 8.40. The second-order valence-corrected chi connectivity index (χ2v) is 10.6. The van der Waals surface area contributed by atoms with Crippen molar-refractivity contribution in [3.05, 3.63) is 65.9 Å². The first-order valence-electron chi connectivity index (χ1n) is 13.4. The highest BCUT2D eigenvalue weighted by atomic mass is 16.5. The fourth-order valence-electron chi connectivity index (χ4n) is 6.52. The quantitative estimate of drug-likeness (QED) is 0.392. The van der Waals surface area contributed by atoms with E-state index in [1.807, 2.05) is 54.7 Å². The highest BCUT2D eigenvalue weighted by molar-refractivity contribution is 5.88. The van der Waals surface area contributed by atoms with E-state index in [4.69, 9.17) is 9.47 Å². The van der Waals surface area contributed by atoms with Gasteiger partial charge in [0.15, 0.2) is 0 Å².